The second-order valence-corrected chi connectivity index (χ2v) is 8.82. The predicted octanol–water partition coefficient (Wildman–Crippen LogP) is 2.71. The first-order valence-electron chi connectivity index (χ1n) is 11.9. The summed E-state index contributed by atoms with van der Waals surface area (Å²) in [5.41, 5.74) is -0.136. The number of piperidine rings is 1. The number of ether oxygens (including phenoxy) is 3. The highest BCUT2D eigenvalue weighted by Gasteiger charge is 2.25. The molecule has 0 unspecified atom stereocenters. The number of carbonyl (C=O) groups is 1. The van der Waals surface area contributed by atoms with Gasteiger partial charge in [0.1, 0.15) is 30.6 Å². The number of hydrogen-bond acceptors (Lipinski definition) is 6. The third-order valence-electron chi connectivity index (χ3n) is 6.62. The van der Waals surface area contributed by atoms with E-state index in [0.29, 0.717) is 48.5 Å². The molecule has 0 saturated carbocycles. The Balaban J connectivity index is 1.89. The number of rotatable bonds is 10. The minimum absolute atomic E-state index is 0.0934. The molecule has 0 atom stereocenters. The molecule has 1 aliphatic heterocycles. The smallest absolute Gasteiger partial charge is 0.332 e. The van der Waals surface area contributed by atoms with Gasteiger partial charge in [-0.3, -0.25) is 18.7 Å². The molecule has 3 aromatic rings. The largest absolute Gasteiger partial charge is 0.497 e. The Morgan fingerprint density at radius 2 is 1.70 bits per heavy atom. The molecule has 9 nitrogen and oxygen atoms in total. The van der Waals surface area contributed by atoms with Gasteiger partial charge in [-0.25, -0.2) is 13.6 Å². The summed E-state index contributed by atoms with van der Waals surface area (Å²) in [6, 6.07) is 9.28. The van der Waals surface area contributed by atoms with Crippen molar-refractivity contribution in [1.29, 1.82) is 0 Å². The average Bonchev–Trinajstić information content (AvgIpc) is 2.94. The van der Waals surface area contributed by atoms with E-state index in [0.717, 1.165) is 11.0 Å². The van der Waals surface area contributed by atoms with Gasteiger partial charge in [0.15, 0.2) is 6.10 Å². The summed E-state index contributed by atoms with van der Waals surface area (Å²) in [5, 5.41) is 0.174. The summed E-state index contributed by atoms with van der Waals surface area (Å²) in [5.74, 6) is 1.13. The number of fused-ring (bicyclic) bond motifs is 1. The lowest BCUT2D eigenvalue weighted by Crippen LogP contribution is -2.44. The lowest BCUT2D eigenvalue weighted by atomic mass is 10.0. The maximum absolute atomic E-state index is 13.8. The maximum Gasteiger partial charge on any atom is 0.332 e. The number of likely N-dealkylation sites (tertiary alicyclic amines) is 1. The van der Waals surface area contributed by atoms with Crippen LogP contribution in [0.25, 0.3) is 10.9 Å². The molecule has 0 spiro atoms. The van der Waals surface area contributed by atoms with Crippen LogP contribution in [0.4, 0.5) is 8.78 Å². The number of alkyl halides is 2. The van der Waals surface area contributed by atoms with Crippen molar-refractivity contribution in [1.82, 2.24) is 14.0 Å². The predicted molar refractivity (Wildman–Crippen MR) is 133 cm³/mol. The van der Waals surface area contributed by atoms with E-state index in [1.54, 1.807) is 33.7 Å². The summed E-state index contributed by atoms with van der Waals surface area (Å²) < 4.78 is 44.9. The van der Waals surface area contributed by atoms with E-state index in [1.807, 2.05) is 0 Å². The lowest BCUT2D eigenvalue weighted by Gasteiger charge is -2.31. The molecule has 198 valence electrons. The molecular weight excluding hydrogens is 488 g/mol. The minimum Gasteiger partial charge on any atom is -0.497 e. The van der Waals surface area contributed by atoms with Crippen molar-refractivity contribution in [3.63, 3.8) is 0 Å². The molecule has 2 heterocycles. The highest BCUT2D eigenvalue weighted by atomic mass is 19.1. The monoisotopic (exact) mass is 517 g/mol. The van der Waals surface area contributed by atoms with Crippen LogP contribution in [-0.4, -0.2) is 67.2 Å². The number of halogens is 2. The molecule has 1 aromatic heterocycles. The van der Waals surface area contributed by atoms with Gasteiger partial charge in [0, 0.05) is 24.7 Å². The number of carbonyl (C=O) groups excluding carboxylic acids is 1. The molecular formula is C26H29F2N3O6. The molecule has 4 rings (SSSR count). The summed E-state index contributed by atoms with van der Waals surface area (Å²) in [6.07, 6.45) is 0.541. The normalized spacial score (nSPS) is 14.2. The van der Waals surface area contributed by atoms with E-state index in [1.165, 1.54) is 26.4 Å². The van der Waals surface area contributed by atoms with Crippen molar-refractivity contribution < 1.29 is 27.8 Å². The van der Waals surface area contributed by atoms with Crippen molar-refractivity contribution in [2.45, 2.75) is 31.5 Å². The van der Waals surface area contributed by atoms with Gasteiger partial charge in [-0.05, 0) is 49.2 Å². The first-order valence-corrected chi connectivity index (χ1v) is 11.9. The van der Waals surface area contributed by atoms with E-state index in [4.69, 9.17) is 14.2 Å². The van der Waals surface area contributed by atoms with E-state index >= 15 is 0 Å². The second kappa shape index (κ2) is 11.4. The topological polar surface area (TPSA) is 92.0 Å². The van der Waals surface area contributed by atoms with Gasteiger partial charge in [0.25, 0.3) is 5.56 Å². The summed E-state index contributed by atoms with van der Waals surface area (Å²) in [4.78, 5) is 40.3. The third kappa shape index (κ3) is 5.30. The van der Waals surface area contributed by atoms with Gasteiger partial charge < -0.3 is 19.1 Å². The molecule has 1 aliphatic rings. The third-order valence-corrected chi connectivity index (χ3v) is 6.62. The highest BCUT2D eigenvalue weighted by molar-refractivity contribution is 5.80. The maximum atomic E-state index is 13.8. The Kier molecular flexibility index (Phi) is 8.10. The molecule has 1 amide bonds. The number of aromatic nitrogens is 2. The molecule has 11 heteroatoms. The van der Waals surface area contributed by atoms with Crippen LogP contribution in [0.15, 0.2) is 46.0 Å². The van der Waals surface area contributed by atoms with Gasteiger partial charge in [-0.15, -0.1) is 0 Å². The van der Waals surface area contributed by atoms with Crippen molar-refractivity contribution in [2.24, 2.45) is 0 Å². The molecule has 1 saturated heterocycles. The van der Waals surface area contributed by atoms with Crippen LogP contribution in [0.3, 0.4) is 0 Å². The summed E-state index contributed by atoms with van der Waals surface area (Å²) in [7, 11) is 3.00. The molecule has 2 aromatic carbocycles. The van der Waals surface area contributed by atoms with Gasteiger partial charge in [0.05, 0.1) is 31.7 Å². The van der Waals surface area contributed by atoms with Gasteiger partial charge >= 0.3 is 5.69 Å². The van der Waals surface area contributed by atoms with E-state index in [2.05, 4.69) is 0 Å². The van der Waals surface area contributed by atoms with Crippen molar-refractivity contribution in [2.75, 3.05) is 40.7 Å². The van der Waals surface area contributed by atoms with Gasteiger partial charge in [-0.1, -0.05) is 0 Å². The van der Waals surface area contributed by atoms with E-state index in [-0.39, 0.29) is 23.7 Å². The fourth-order valence-electron chi connectivity index (χ4n) is 4.65. The van der Waals surface area contributed by atoms with Gasteiger partial charge in [-0.2, -0.15) is 0 Å². The molecule has 0 N–H and O–H groups in total. The van der Waals surface area contributed by atoms with Crippen LogP contribution in [-0.2, 0) is 11.3 Å². The summed E-state index contributed by atoms with van der Waals surface area (Å²) in [6.45, 7) is -1.20. The first-order chi connectivity index (χ1) is 17.9. The summed E-state index contributed by atoms with van der Waals surface area (Å²) >= 11 is 0. The SMILES string of the molecule is COc1ccc(OC)c(Cn2c(=O)c3cc(OC(CF)CF)ccc3n(C3CCN(C=O)CC3)c2=O)c1. The van der Waals surface area contributed by atoms with Crippen LogP contribution in [0.1, 0.15) is 24.4 Å². The zero-order valence-corrected chi connectivity index (χ0v) is 20.7. The highest BCUT2D eigenvalue weighted by Crippen LogP contribution is 2.27. The van der Waals surface area contributed by atoms with Crippen LogP contribution < -0.4 is 25.5 Å². The van der Waals surface area contributed by atoms with Crippen LogP contribution in [0.5, 0.6) is 17.2 Å². The second-order valence-electron chi connectivity index (χ2n) is 8.82. The van der Waals surface area contributed by atoms with E-state index in [9.17, 15) is 23.2 Å². The Hall–Kier alpha value is -3.89. The molecule has 37 heavy (non-hydrogen) atoms. The fourth-order valence-corrected chi connectivity index (χ4v) is 4.65. The Morgan fingerprint density at radius 3 is 2.32 bits per heavy atom. The Morgan fingerprint density at radius 1 is 1.00 bits per heavy atom. The van der Waals surface area contributed by atoms with E-state index < -0.39 is 30.7 Å². The zero-order chi connectivity index (χ0) is 26.5. The van der Waals surface area contributed by atoms with Crippen LogP contribution in [0.2, 0.25) is 0 Å². The lowest BCUT2D eigenvalue weighted by molar-refractivity contribution is -0.119. The van der Waals surface area contributed by atoms with Crippen molar-refractivity contribution in [3.05, 3.63) is 62.8 Å². The zero-order valence-electron chi connectivity index (χ0n) is 20.7. The molecule has 0 bridgehead atoms. The first kappa shape index (κ1) is 26.2. The standard InChI is InChI=1S/C26H29F2N3O6/c1-35-19-4-6-24(36-2)17(11-19)15-30-25(33)22-12-20(37-21(13-27)14-28)3-5-23(22)31(26(30)34)18-7-9-29(16-32)10-8-18/h3-6,11-12,16,18,21H,7-10,13-15H2,1-2H3. The number of nitrogens with zero attached hydrogens (tertiary/aromatic N) is 3. The number of methoxy groups -OCH3 is 2. The molecule has 0 radical (unpaired) electrons. The van der Waals surface area contributed by atoms with Crippen molar-refractivity contribution >= 4 is 17.3 Å². The fraction of sp³-hybridized carbons (Fsp3) is 0.423. The molecule has 1 fully saturated rings. The average molecular weight is 518 g/mol. The quantitative estimate of drug-likeness (QED) is 0.384. The van der Waals surface area contributed by atoms with Crippen LogP contribution in [0, 0.1) is 0 Å². The number of benzene rings is 2. The van der Waals surface area contributed by atoms with Crippen LogP contribution >= 0.6 is 0 Å². The Labute approximate surface area is 211 Å². The molecule has 0 aliphatic carbocycles. The number of hydrogen-bond donors (Lipinski definition) is 0. The van der Waals surface area contributed by atoms with Crippen molar-refractivity contribution in [3.8, 4) is 17.2 Å². The minimum atomic E-state index is -1.29. The van der Waals surface area contributed by atoms with Gasteiger partial charge in [0.2, 0.25) is 6.41 Å². The Bertz CT molecular complexity index is 1380. The number of amides is 1.